The first-order valence-electron chi connectivity index (χ1n) is 9.20. The van der Waals surface area contributed by atoms with Gasteiger partial charge in [-0.1, -0.05) is 23.7 Å². The Morgan fingerprint density at radius 1 is 1.21 bits per heavy atom. The summed E-state index contributed by atoms with van der Waals surface area (Å²) in [4.78, 5) is 41.3. The van der Waals surface area contributed by atoms with Crippen LogP contribution in [0.5, 0.6) is 17.4 Å². The summed E-state index contributed by atoms with van der Waals surface area (Å²) >= 11 is 5.97. The maximum Gasteiger partial charge on any atom is 0.431 e. The molecule has 0 aliphatic rings. The van der Waals surface area contributed by atoms with E-state index in [1.807, 2.05) is 0 Å². The Kier molecular flexibility index (Phi) is 6.96. The van der Waals surface area contributed by atoms with Crippen molar-refractivity contribution in [3.8, 4) is 23.2 Å². The Morgan fingerprint density at radius 2 is 1.85 bits per heavy atom. The molecule has 3 rings (SSSR count). The molecule has 0 saturated heterocycles. The summed E-state index contributed by atoms with van der Waals surface area (Å²) in [6, 6.07) is 6.54. The number of hydrogen-bond acceptors (Lipinski definition) is 7. The third-order valence-electron chi connectivity index (χ3n) is 4.34. The standard InChI is InChI=1S/C20H14ClF4N3O6/c1-9-15(20(23,24)25)26-19(31)28(18(9)30)16-11(22)7-10(21)17(27-16)34-13-6-4-3-5-12(13)33-8-14(29)32-2/h3-7H,8H2,1-2H3,(H,26,31). The number of aromatic nitrogens is 3. The lowest BCUT2D eigenvalue weighted by Gasteiger charge is -2.15. The lowest BCUT2D eigenvalue weighted by atomic mass is 10.2. The van der Waals surface area contributed by atoms with Crippen molar-refractivity contribution in [1.29, 1.82) is 0 Å². The number of para-hydroxylation sites is 2. The third-order valence-corrected chi connectivity index (χ3v) is 4.61. The van der Waals surface area contributed by atoms with E-state index in [4.69, 9.17) is 21.1 Å². The number of methoxy groups -OCH3 is 1. The van der Waals surface area contributed by atoms with Crippen LogP contribution in [0, 0.1) is 12.7 Å². The average Bonchev–Trinajstić information content (AvgIpc) is 2.77. The molecule has 1 N–H and O–H groups in total. The molecule has 34 heavy (non-hydrogen) atoms. The fourth-order valence-corrected chi connectivity index (χ4v) is 2.90. The Hall–Kier alpha value is -3.87. The second-order valence-electron chi connectivity index (χ2n) is 6.56. The molecule has 0 aliphatic carbocycles. The number of pyridine rings is 1. The maximum absolute atomic E-state index is 14.6. The van der Waals surface area contributed by atoms with Gasteiger partial charge in [0, 0.05) is 11.6 Å². The van der Waals surface area contributed by atoms with E-state index in [1.54, 1.807) is 6.07 Å². The van der Waals surface area contributed by atoms with Gasteiger partial charge in [0.2, 0.25) is 5.88 Å². The van der Waals surface area contributed by atoms with Gasteiger partial charge in [-0.05, 0) is 19.1 Å². The van der Waals surface area contributed by atoms with Gasteiger partial charge in [0.05, 0.1) is 7.11 Å². The van der Waals surface area contributed by atoms with Crippen LogP contribution in [0.4, 0.5) is 17.6 Å². The molecule has 0 saturated carbocycles. The first kappa shape index (κ1) is 24.8. The molecule has 3 aromatic rings. The second-order valence-corrected chi connectivity index (χ2v) is 6.97. The first-order chi connectivity index (χ1) is 15.9. The fraction of sp³-hybridized carbons (Fsp3) is 0.200. The predicted molar refractivity (Wildman–Crippen MR) is 109 cm³/mol. The van der Waals surface area contributed by atoms with Gasteiger partial charge in [-0.3, -0.25) is 4.79 Å². The van der Waals surface area contributed by atoms with E-state index in [0.717, 1.165) is 14.0 Å². The highest BCUT2D eigenvalue weighted by Gasteiger charge is 2.36. The van der Waals surface area contributed by atoms with Crippen molar-refractivity contribution >= 4 is 17.6 Å². The molecule has 0 radical (unpaired) electrons. The van der Waals surface area contributed by atoms with Crippen molar-refractivity contribution in [2.75, 3.05) is 13.7 Å². The van der Waals surface area contributed by atoms with E-state index in [-0.39, 0.29) is 16.1 Å². The van der Waals surface area contributed by atoms with Crippen LogP contribution in [-0.4, -0.2) is 34.2 Å². The van der Waals surface area contributed by atoms with Crippen LogP contribution in [0.3, 0.4) is 0 Å². The number of halogens is 5. The molecule has 2 aromatic heterocycles. The highest BCUT2D eigenvalue weighted by molar-refractivity contribution is 6.31. The summed E-state index contributed by atoms with van der Waals surface area (Å²) < 4.78 is 69.2. The minimum atomic E-state index is -5.02. The normalized spacial score (nSPS) is 11.3. The zero-order valence-electron chi connectivity index (χ0n) is 17.3. The zero-order chi connectivity index (χ0) is 25.2. The molecular formula is C20H14ClF4N3O6. The van der Waals surface area contributed by atoms with Crippen molar-refractivity contribution in [1.82, 2.24) is 14.5 Å². The van der Waals surface area contributed by atoms with E-state index in [1.165, 1.54) is 23.2 Å². The monoisotopic (exact) mass is 503 g/mol. The van der Waals surface area contributed by atoms with Crippen LogP contribution in [0.2, 0.25) is 5.02 Å². The number of aromatic amines is 1. The lowest BCUT2D eigenvalue weighted by Crippen LogP contribution is -2.39. The largest absolute Gasteiger partial charge is 0.478 e. The van der Waals surface area contributed by atoms with Gasteiger partial charge >= 0.3 is 17.8 Å². The fourth-order valence-electron chi connectivity index (χ4n) is 2.72. The summed E-state index contributed by atoms with van der Waals surface area (Å²) in [6.45, 7) is 0.347. The number of hydrogen-bond donors (Lipinski definition) is 1. The van der Waals surface area contributed by atoms with Crippen molar-refractivity contribution in [3.63, 3.8) is 0 Å². The Labute approximate surface area is 192 Å². The Morgan fingerprint density at radius 3 is 2.47 bits per heavy atom. The van der Waals surface area contributed by atoms with Crippen LogP contribution in [-0.2, 0) is 15.7 Å². The van der Waals surface area contributed by atoms with E-state index >= 15 is 0 Å². The topological polar surface area (TPSA) is 113 Å². The van der Waals surface area contributed by atoms with Gasteiger partial charge in [-0.2, -0.15) is 18.2 Å². The summed E-state index contributed by atoms with van der Waals surface area (Å²) in [7, 11) is 1.16. The summed E-state index contributed by atoms with van der Waals surface area (Å²) in [5, 5.41) is -0.392. The molecule has 0 atom stereocenters. The van der Waals surface area contributed by atoms with E-state index in [2.05, 4.69) is 9.72 Å². The minimum absolute atomic E-state index is 0.0387. The van der Waals surface area contributed by atoms with Crippen LogP contribution in [0.15, 0.2) is 39.9 Å². The lowest BCUT2D eigenvalue weighted by molar-refractivity contribution is -0.143. The second kappa shape index (κ2) is 9.55. The number of ether oxygens (including phenoxy) is 3. The highest BCUT2D eigenvalue weighted by Crippen LogP contribution is 2.35. The third kappa shape index (κ3) is 5.03. The van der Waals surface area contributed by atoms with Crippen LogP contribution < -0.4 is 20.7 Å². The molecule has 0 unspecified atom stereocenters. The van der Waals surface area contributed by atoms with Gasteiger partial charge in [-0.25, -0.2) is 18.5 Å². The number of carbonyl (C=O) groups excluding carboxylic acids is 1. The van der Waals surface area contributed by atoms with Crippen LogP contribution in [0.25, 0.3) is 5.82 Å². The number of nitrogens with one attached hydrogen (secondary N) is 1. The number of esters is 1. The molecule has 0 amide bonds. The number of nitrogens with zero attached hydrogens (tertiary/aromatic N) is 2. The quantitative estimate of drug-likeness (QED) is 0.405. The molecule has 2 heterocycles. The van der Waals surface area contributed by atoms with Crippen LogP contribution in [0.1, 0.15) is 11.3 Å². The SMILES string of the molecule is COC(=O)COc1ccccc1Oc1nc(-n2c(=O)[nH]c(C(F)(F)F)c(C)c2=O)c(F)cc1Cl. The Bertz CT molecular complexity index is 1370. The summed E-state index contributed by atoms with van der Waals surface area (Å²) in [6.07, 6.45) is -5.02. The predicted octanol–water partition coefficient (Wildman–Crippen LogP) is 3.38. The molecule has 1 aromatic carbocycles. The smallest absolute Gasteiger partial charge is 0.431 e. The van der Waals surface area contributed by atoms with Crippen molar-refractivity contribution in [2.45, 2.75) is 13.1 Å². The molecule has 0 fully saturated rings. The number of carbonyl (C=O) groups is 1. The van der Waals surface area contributed by atoms with Gasteiger partial charge in [0.15, 0.2) is 29.7 Å². The summed E-state index contributed by atoms with van der Waals surface area (Å²) in [5.74, 6) is -3.42. The molecule has 180 valence electrons. The van der Waals surface area contributed by atoms with E-state index < -0.39 is 63.8 Å². The number of H-pyrrole nitrogens is 1. The van der Waals surface area contributed by atoms with Gasteiger partial charge in [-0.15, -0.1) is 0 Å². The number of rotatable bonds is 6. The minimum Gasteiger partial charge on any atom is -0.478 e. The van der Waals surface area contributed by atoms with Gasteiger partial charge in [0.1, 0.15) is 10.7 Å². The summed E-state index contributed by atoms with van der Waals surface area (Å²) in [5.41, 5.74) is -5.48. The van der Waals surface area contributed by atoms with Gasteiger partial charge in [0.25, 0.3) is 5.56 Å². The number of alkyl halides is 3. The average molecular weight is 504 g/mol. The zero-order valence-corrected chi connectivity index (χ0v) is 18.1. The van der Waals surface area contributed by atoms with Crippen molar-refractivity contribution in [3.05, 3.63) is 73.3 Å². The molecule has 14 heteroatoms. The maximum atomic E-state index is 14.6. The van der Waals surface area contributed by atoms with Gasteiger partial charge < -0.3 is 19.2 Å². The Balaban J connectivity index is 2.08. The molecule has 9 nitrogen and oxygen atoms in total. The molecule has 0 spiro atoms. The first-order valence-corrected chi connectivity index (χ1v) is 9.57. The van der Waals surface area contributed by atoms with Crippen LogP contribution >= 0.6 is 11.6 Å². The molecule has 0 aliphatic heterocycles. The van der Waals surface area contributed by atoms with Crippen molar-refractivity contribution < 1.29 is 36.6 Å². The highest BCUT2D eigenvalue weighted by atomic mass is 35.5. The van der Waals surface area contributed by atoms with E-state index in [9.17, 15) is 31.9 Å². The molecule has 0 bridgehead atoms. The van der Waals surface area contributed by atoms with Crippen molar-refractivity contribution in [2.24, 2.45) is 0 Å². The molecular weight excluding hydrogens is 490 g/mol. The van der Waals surface area contributed by atoms with E-state index in [0.29, 0.717) is 6.07 Å². The number of benzene rings is 1.